The molecule has 2 unspecified atom stereocenters. The van der Waals surface area contributed by atoms with Gasteiger partial charge in [-0.05, 0) is 44.6 Å². The summed E-state index contributed by atoms with van der Waals surface area (Å²) in [6, 6.07) is 5.63. The molecule has 1 aromatic rings. The Morgan fingerprint density at radius 1 is 1.37 bits per heavy atom. The smallest absolute Gasteiger partial charge is 0.126 e. The third-order valence-electron chi connectivity index (χ3n) is 4.12. The van der Waals surface area contributed by atoms with Crippen LogP contribution >= 0.6 is 0 Å². The van der Waals surface area contributed by atoms with Gasteiger partial charge in [-0.15, -0.1) is 0 Å². The van der Waals surface area contributed by atoms with Crippen LogP contribution in [0.2, 0.25) is 0 Å². The molecule has 2 rings (SSSR count). The van der Waals surface area contributed by atoms with Crippen LogP contribution < -0.4 is 5.73 Å². The second kappa shape index (κ2) is 5.99. The Labute approximate surface area is 115 Å². The molecule has 1 aliphatic heterocycles. The van der Waals surface area contributed by atoms with Crippen LogP contribution in [-0.2, 0) is 0 Å². The zero-order valence-corrected chi connectivity index (χ0v) is 12.1. The number of benzene rings is 1. The van der Waals surface area contributed by atoms with E-state index in [2.05, 4.69) is 23.9 Å². The van der Waals surface area contributed by atoms with Crippen LogP contribution in [-0.4, -0.2) is 49.6 Å². The maximum absolute atomic E-state index is 13.3. The molecule has 2 N–H and O–H groups in total. The minimum Gasteiger partial charge on any atom is -0.324 e. The van der Waals surface area contributed by atoms with E-state index in [0.717, 1.165) is 31.6 Å². The molecule has 0 spiro atoms. The third-order valence-corrected chi connectivity index (χ3v) is 4.12. The highest BCUT2D eigenvalue weighted by Gasteiger charge is 2.24. The summed E-state index contributed by atoms with van der Waals surface area (Å²) in [5, 5.41) is 0. The van der Waals surface area contributed by atoms with Crippen LogP contribution in [0.5, 0.6) is 0 Å². The highest BCUT2D eigenvalue weighted by atomic mass is 19.1. The first-order valence-electron chi connectivity index (χ1n) is 6.88. The molecule has 1 heterocycles. The largest absolute Gasteiger partial charge is 0.324 e. The van der Waals surface area contributed by atoms with Gasteiger partial charge in [-0.25, -0.2) is 4.39 Å². The normalized spacial score (nSPS) is 23.5. The fourth-order valence-electron chi connectivity index (χ4n) is 2.68. The summed E-state index contributed by atoms with van der Waals surface area (Å²) in [4.78, 5) is 4.71. The molecule has 0 aromatic heterocycles. The van der Waals surface area contributed by atoms with Crippen LogP contribution in [0.3, 0.4) is 0 Å². The first-order valence-corrected chi connectivity index (χ1v) is 6.88. The van der Waals surface area contributed by atoms with Crippen molar-refractivity contribution in [1.29, 1.82) is 0 Å². The maximum atomic E-state index is 13.3. The van der Waals surface area contributed by atoms with Crippen LogP contribution in [0.25, 0.3) is 0 Å². The lowest BCUT2D eigenvalue weighted by Gasteiger charge is -2.38. The molecule has 106 valence electrons. The monoisotopic (exact) mass is 265 g/mol. The predicted octanol–water partition coefficient (Wildman–Crippen LogP) is 1.77. The van der Waals surface area contributed by atoms with Gasteiger partial charge in [0.05, 0.1) is 0 Å². The average Bonchev–Trinajstić information content (AvgIpc) is 2.37. The van der Waals surface area contributed by atoms with Gasteiger partial charge in [-0.2, -0.15) is 0 Å². The van der Waals surface area contributed by atoms with Crippen molar-refractivity contribution in [2.45, 2.75) is 25.4 Å². The predicted molar refractivity (Wildman–Crippen MR) is 76.6 cm³/mol. The van der Waals surface area contributed by atoms with Crippen molar-refractivity contribution >= 4 is 0 Å². The Kier molecular flexibility index (Phi) is 4.55. The van der Waals surface area contributed by atoms with Gasteiger partial charge < -0.3 is 15.5 Å². The van der Waals surface area contributed by atoms with E-state index in [-0.39, 0.29) is 11.9 Å². The van der Waals surface area contributed by atoms with E-state index in [1.54, 1.807) is 13.0 Å². The molecule has 1 aliphatic rings. The lowest BCUT2D eigenvalue weighted by Crippen LogP contribution is -2.50. The summed E-state index contributed by atoms with van der Waals surface area (Å²) in [6.45, 7) is 5.02. The summed E-state index contributed by atoms with van der Waals surface area (Å²) in [7, 11) is 4.30. The number of halogens is 1. The molecule has 0 aliphatic carbocycles. The molecule has 0 radical (unpaired) electrons. The van der Waals surface area contributed by atoms with Crippen molar-refractivity contribution in [2.75, 3.05) is 33.7 Å². The Morgan fingerprint density at radius 2 is 2.11 bits per heavy atom. The zero-order chi connectivity index (χ0) is 14.0. The molecule has 1 aromatic carbocycles. The van der Waals surface area contributed by atoms with Crippen molar-refractivity contribution in [2.24, 2.45) is 5.73 Å². The van der Waals surface area contributed by atoms with E-state index in [9.17, 15) is 4.39 Å². The van der Waals surface area contributed by atoms with Gasteiger partial charge in [0.1, 0.15) is 5.82 Å². The number of piperazine rings is 1. The van der Waals surface area contributed by atoms with Gasteiger partial charge in [0.15, 0.2) is 0 Å². The minimum absolute atomic E-state index is 0.0294. The van der Waals surface area contributed by atoms with Crippen LogP contribution in [0.4, 0.5) is 4.39 Å². The van der Waals surface area contributed by atoms with Gasteiger partial charge in [0.2, 0.25) is 0 Å². The molecular weight excluding hydrogens is 241 g/mol. The molecule has 2 atom stereocenters. The van der Waals surface area contributed by atoms with Gasteiger partial charge in [-0.3, -0.25) is 0 Å². The van der Waals surface area contributed by atoms with Crippen LogP contribution in [0.1, 0.15) is 23.6 Å². The third kappa shape index (κ3) is 3.53. The highest BCUT2D eigenvalue weighted by Crippen LogP contribution is 2.22. The van der Waals surface area contributed by atoms with E-state index in [1.807, 2.05) is 6.07 Å². The topological polar surface area (TPSA) is 32.5 Å². The highest BCUT2D eigenvalue weighted by molar-refractivity contribution is 5.26. The zero-order valence-electron chi connectivity index (χ0n) is 12.1. The Hall–Kier alpha value is -0.970. The summed E-state index contributed by atoms with van der Waals surface area (Å²) in [6.07, 6.45) is 0.909. The van der Waals surface area contributed by atoms with E-state index in [0.29, 0.717) is 11.6 Å². The second-order valence-electron chi connectivity index (χ2n) is 5.75. The van der Waals surface area contributed by atoms with Crippen LogP contribution in [0, 0.1) is 12.7 Å². The van der Waals surface area contributed by atoms with Gasteiger partial charge >= 0.3 is 0 Å². The summed E-state index contributed by atoms with van der Waals surface area (Å²) < 4.78 is 13.3. The summed E-state index contributed by atoms with van der Waals surface area (Å²) in [5.41, 5.74) is 7.98. The number of nitrogens with two attached hydrogens (primary N) is 1. The van der Waals surface area contributed by atoms with Crippen molar-refractivity contribution in [1.82, 2.24) is 9.80 Å². The molecule has 19 heavy (non-hydrogen) atoms. The van der Waals surface area contributed by atoms with Crippen molar-refractivity contribution in [3.8, 4) is 0 Å². The van der Waals surface area contributed by atoms with E-state index < -0.39 is 0 Å². The molecule has 1 saturated heterocycles. The van der Waals surface area contributed by atoms with Crippen molar-refractivity contribution in [3.05, 3.63) is 35.1 Å². The average molecular weight is 265 g/mol. The number of likely N-dealkylation sites (N-methyl/N-ethyl adjacent to an activating group) is 2. The lowest BCUT2D eigenvalue weighted by molar-refractivity contribution is 0.104. The molecule has 0 saturated carbocycles. The summed E-state index contributed by atoms with van der Waals surface area (Å²) in [5.74, 6) is -0.162. The van der Waals surface area contributed by atoms with E-state index in [1.165, 1.54) is 6.07 Å². The fraction of sp³-hybridized carbons (Fsp3) is 0.600. The second-order valence-corrected chi connectivity index (χ2v) is 5.75. The van der Waals surface area contributed by atoms with E-state index in [4.69, 9.17) is 5.73 Å². The standard InChI is InChI=1S/C15H24FN3/c1-11-8-12(4-5-14(11)16)15(17)9-13-10-18(2)6-7-19(13)3/h4-5,8,13,15H,6-7,9-10,17H2,1-3H3. The van der Waals surface area contributed by atoms with Gasteiger partial charge in [-0.1, -0.05) is 12.1 Å². The SMILES string of the molecule is Cc1cc(C(N)CC2CN(C)CCN2C)ccc1F. The molecule has 0 bridgehead atoms. The number of hydrogen-bond acceptors (Lipinski definition) is 3. The molecule has 1 fully saturated rings. The van der Waals surface area contributed by atoms with Gasteiger partial charge in [0, 0.05) is 31.7 Å². The first kappa shape index (κ1) is 14.4. The van der Waals surface area contributed by atoms with Crippen molar-refractivity contribution < 1.29 is 4.39 Å². The summed E-state index contributed by atoms with van der Waals surface area (Å²) >= 11 is 0. The minimum atomic E-state index is -0.162. The Bertz CT molecular complexity index is 435. The molecule has 3 nitrogen and oxygen atoms in total. The van der Waals surface area contributed by atoms with Crippen molar-refractivity contribution in [3.63, 3.8) is 0 Å². The fourth-order valence-corrected chi connectivity index (χ4v) is 2.68. The first-order chi connectivity index (χ1) is 8.97. The number of nitrogens with zero attached hydrogens (tertiary/aromatic N) is 2. The quantitative estimate of drug-likeness (QED) is 0.904. The molecular formula is C15H24FN3. The Morgan fingerprint density at radius 3 is 2.79 bits per heavy atom. The molecule has 4 heteroatoms. The van der Waals surface area contributed by atoms with Crippen LogP contribution in [0.15, 0.2) is 18.2 Å². The van der Waals surface area contributed by atoms with E-state index >= 15 is 0 Å². The Balaban J connectivity index is 2.03. The maximum Gasteiger partial charge on any atom is 0.126 e. The lowest BCUT2D eigenvalue weighted by atomic mass is 9.97. The number of hydrogen-bond donors (Lipinski definition) is 1. The number of rotatable bonds is 3. The van der Waals surface area contributed by atoms with Gasteiger partial charge in [0.25, 0.3) is 0 Å². The number of aryl methyl sites for hydroxylation is 1. The molecule has 0 amide bonds.